The number of nitrogens with one attached hydrogen (secondary N) is 3. The molecule has 0 aromatic rings. The van der Waals surface area contributed by atoms with Crippen LogP contribution in [0, 0.1) is 0 Å². The van der Waals surface area contributed by atoms with Crippen LogP contribution in [0.1, 0.15) is 33.6 Å². The van der Waals surface area contributed by atoms with E-state index in [9.17, 15) is 131 Å². The molecule has 6 rings (SSSR count). The summed E-state index contributed by atoms with van der Waals surface area (Å²) >= 11 is 0. The molecule has 0 saturated carbocycles. The fourth-order valence-corrected chi connectivity index (χ4v) is 11.0. The van der Waals surface area contributed by atoms with E-state index in [1.54, 1.807) is 0 Å². The predicted octanol–water partition coefficient (Wildman–Crippen LogP) is -17.9. The first-order valence-electron chi connectivity index (χ1n) is 27.3. The molecule has 88 heavy (non-hydrogen) atoms. The third-order valence-corrected chi connectivity index (χ3v) is 15.6. The van der Waals surface area contributed by atoms with Gasteiger partial charge in [-0.3, -0.25) is 14.4 Å². The molecule has 6 aliphatic heterocycles. The highest BCUT2D eigenvalue weighted by molar-refractivity contribution is 5.76. The molecule has 0 spiro atoms. The summed E-state index contributed by atoms with van der Waals surface area (Å²) in [4.78, 5) is 63.8. The molecule has 0 aliphatic carbocycles. The maximum atomic E-state index is 13.2. The van der Waals surface area contributed by atoms with E-state index < -0.39 is 277 Å². The van der Waals surface area contributed by atoms with Crippen molar-refractivity contribution in [2.75, 3.05) is 39.6 Å². The molecule has 0 radical (unpaired) electrons. The lowest BCUT2D eigenvalue weighted by atomic mass is 9.88. The van der Waals surface area contributed by atoms with E-state index in [0.717, 1.165) is 20.8 Å². The topological polar surface area (TPSA) is 653 Å². The Balaban J connectivity index is 1.43. The van der Waals surface area contributed by atoms with E-state index in [0.29, 0.717) is 0 Å². The van der Waals surface area contributed by atoms with Crippen molar-refractivity contribution in [2.24, 2.45) is 0 Å². The molecule has 6 heterocycles. The second-order valence-corrected chi connectivity index (χ2v) is 21.8. The summed E-state index contributed by atoms with van der Waals surface area (Å²) in [5.41, 5.74) is 0. The zero-order valence-electron chi connectivity index (χ0n) is 46.8. The van der Waals surface area contributed by atoms with E-state index in [-0.39, 0.29) is 0 Å². The number of carboxylic acid groups (broad SMARTS) is 2. The van der Waals surface area contributed by atoms with Crippen LogP contribution in [-0.2, 0) is 76.1 Å². The highest BCUT2D eigenvalue weighted by atomic mass is 16.8. The van der Waals surface area contributed by atoms with Gasteiger partial charge in [-0.1, -0.05) is 0 Å². The number of aliphatic hydroxyl groups excluding tert-OH is 19. The number of aliphatic hydroxyl groups is 19. The Morgan fingerprint density at radius 2 is 0.875 bits per heavy atom. The molecule has 6 aliphatic rings. The monoisotopic (exact) mass is 1290 g/mol. The van der Waals surface area contributed by atoms with Gasteiger partial charge in [0.2, 0.25) is 29.3 Å². The van der Waals surface area contributed by atoms with E-state index in [1.807, 2.05) is 0 Å². The average molecular weight is 1290 g/mol. The molecular weight excluding hydrogens is 1210 g/mol. The van der Waals surface area contributed by atoms with Crippen LogP contribution in [0.4, 0.5) is 0 Å². The van der Waals surface area contributed by atoms with Gasteiger partial charge in [0.05, 0.1) is 63.9 Å². The number of amides is 3. The maximum Gasteiger partial charge on any atom is 0.217 e. The Morgan fingerprint density at radius 1 is 0.477 bits per heavy atom. The smallest absolute Gasteiger partial charge is 0.217 e. The fourth-order valence-electron chi connectivity index (χ4n) is 11.0. The third kappa shape index (κ3) is 15.8. The van der Waals surface area contributed by atoms with Gasteiger partial charge in [0.1, 0.15) is 146 Å². The van der Waals surface area contributed by atoms with Crippen molar-refractivity contribution in [3.63, 3.8) is 0 Å². The van der Waals surface area contributed by atoms with Gasteiger partial charge in [0.15, 0.2) is 25.2 Å². The summed E-state index contributed by atoms with van der Waals surface area (Å²) < 4.78 is 62.7. The summed E-state index contributed by atoms with van der Waals surface area (Å²) in [6, 6.07) is -5.72. The van der Waals surface area contributed by atoms with Gasteiger partial charge in [-0.05, 0) is 0 Å². The number of carbonyl (C=O) groups excluding carboxylic acids is 5. The first kappa shape index (κ1) is 73.2. The van der Waals surface area contributed by atoms with E-state index in [4.69, 9.17) is 52.1 Å². The molecule has 3 amide bonds. The molecule has 0 bridgehead atoms. The van der Waals surface area contributed by atoms with E-state index in [1.165, 1.54) is 0 Å². The minimum Gasteiger partial charge on any atom is -0.544 e. The SMILES string of the molecule is CC(=O)N[C@H]1[C@H](O[C@H]2[C@@H](O)[C@@H](CO)O[C@@H](O[C@H]3[C@H](O)[C@@H](O)C(O)O[C@@H]3CO)[C@@H]2O)O[C@H](CO[C@]2(C(=O)[O-])C[C@H](O)[C@@H](NC(C)=O)[C@H]([C@H](O)[C@H](O)CO)O2)[C@@H](O)[C@@H]1O[C@@H]1O[C@H](CO)[C@H](O)[C@H](O[C@]2(C(=O)[O-])C[C@H](O)[C@@H](NC(C)=O)[C@H]([C@H](O)[C@H](O)CO)O2)[C@H]1O. The molecule has 0 aromatic heterocycles. The predicted molar refractivity (Wildman–Crippen MR) is 263 cm³/mol. The van der Waals surface area contributed by atoms with Crippen molar-refractivity contribution >= 4 is 29.7 Å². The van der Waals surface area contributed by atoms with Crippen LogP contribution in [0.3, 0.4) is 0 Å². The highest BCUT2D eigenvalue weighted by Crippen LogP contribution is 2.41. The van der Waals surface area contributed by atoms with Gasteiger partial charge in [0.25, 0.3) is 0 Å². The molecule has 22 N–H and O–H groups in total. The normalized spacial score (nSPS) is 44.6. The summed E-state index contributed by atoms with van der Waals surface area (Å²) in [5.74, 6) is -14.5. The lowest BCUT2D eigenvalue weighted by molar-refractivity contribution is -0.412. The number of hydrogen-bond donors (Lipinski definition) is 22. The molecule has 6 fully saturated rings. The standard InChI is InChI=1S/C48H79N3O37/c1-12(57)49-23-15(60)4-47(45(74)75,86-37(23)26(64)17(62)6-52)78-11-22-30(68)36(25(51-14(3)59)42(82-22)85-39-28(66)19(8-54)80-43(33(39)71)83-35-21(10-56)79-41(73)32(70)31(35)69)84-44-34(72)40(29(67)20(9-55)81-44)88-48(46(76)77)5-16(61)24(50-13(2)58)38(87-48)27(65)18(63)7-53/h15-44,52-56,60-73H,4-11H2,1-3H3,(H,49,57)(H,50,58)(H,51,59)(H,74,75)(H,76,77)/p-2/t15-,16-,17+,18+,19+,20+,21+,22+,23+,24+,25+,26+,27+,28-,29-,30+,31+,32+,33+,34+,35+,36+,37+,38+,39-,40-,41?,42-,43-,44-,47+,48-/m0/s1. The number of carboxylic acids is 2. The molecule has 0 aromatic carbocycles. The Hall–Kier alpha value is -3.85. The van der Waals surface area contributed by atoms with E-state index in [2.05, 4.69) is 16.0 Å². The second kappa shape index (κ2) is 30.7. The first-order chi connectivity index (χ1) is 41.2. The summed E-state index contributed by atoms with van der Waals surface area (Å²) in [6.45, 7) is -4.59. The largest absolute Gasteiger partial charge is 0.544 e. The minimum absolute atomic E-state index is 0.842. The van der Waals surface area contributed by atoms with Gasteiger partial charge >= 0.3 is 0 Å². The number of hydrogen-bond acceptors (Lipinski definition) is 37. The molecule has 40 heteroatoms. The summed E-state index contributed by atoms with van der Waals surface area (Å²) in [7, 11) is 0. The number of ether oxygens (including phenoxy) is 11. The lowest BCUT2D eigenvalue weighted by Crippen LogP contribution is -2.73. The molecule has 6 saturated heterocycles. The van der Waals surface area contributed by atoms with Crippen molar-refractivity contribution in [2.45, 2.75) is 229 Å². The van der Waals surface area contributed by atoms with Crippen molar-refractivity contribution in [3.8, 4) is 0 Å². The maximum absolute atomic E-state index is 13.2. The molecule has 40 nitrogen and oxygen atoms in total. The highest BCUT2D eigenvalue weighted by Gasteiger charge is 2.61. The average Bonchev–Trinajstić information content (AvgIpc) is 0.809. The molecule has 508 valence electrons. The van der Waals surface area contributed by atoms with Gasteiger partial charge in [-0.15, -0.1) is 0 Å². The minimum atomic E-state index is -3.46. The fraction of sp³-hybridized carbons (Fsp3) is 0.896. The number of carbonyl (C=O) groups is 5. The van der Waals surface area contributed by atoms with Crippen LogP contribution in [0.15, 0.2) is 0 Å². The molecule has 1 unspecified atom stereocenters. The van der Waals surface area contributed by atoms with Crippen molar-refractivity contribution < 1.29 is 183 Å². The van der Waals surface area contributed by atoms with Crippen LogP contribution in [0.5, 0.6) is 0 Å². The summed E-state index contributed by atoms with van der Waals surface area (Å²) in [6.07, 6.45) is -62.9. The van der Waals surface area contributed by atoms with Crippen LogP contribution < -0.4 is 26.2 Å². The zero-order valence-corrected chi connectivity index (χ0v) is 46.8. The molecular formula is C48H77N3O37-2. The first-order valence-corrected chi connectivity index (χ1v) is 27.3. The second-order valence-electron chi connectivity index (χ2n) is 21.8. The van der Waals surface area contributed by atoms with E-state index >= 15 is 0 Å². The quantitative estimate of drug-likeness (QED) is 0.0404. The zero-order chi connectivity index (χ0) is 65.8. The Kier molecular flexibility index (Phi) is 25.6. The van der Waals surface area contributed by atoms with Crippen LogP contribution in [0.2, 0.25) is 0 Å². The van der Waals surface area contributed by atoms with Crippen molar-refractivity contribution in [1.29, 1.82) is 0 Å². The number of rotatable bonds is 25. The van der Waals surface area contributed by atoms with Gasteiger partial charge < -0.3 is 185 Å². The van der Waals surface area contributed by atoms with Gasteiger partial charge in [-0.25, -0.2) is 0 Å². The lowest BCUT2D eigenvalue weighted by Gasteiger charge is -2.53. The van der Waals surface area contributed by atoms with Crippen LogP contribution in [-0.4, -0.2) is 362 Å². The van der Waals surface area contributed by atoms with Crippen LogP contribution >= 0.6 is 0 Å². The van der Waals surface area contributed by atoms with Crippen molar-refractivity contribution in [3.05, 3.63) is 0 Å². The Labute approximate surface area is 496 Å². The van der Waals surface area contributed by atoms with Gasteiger partial charge in [0, 0.05) is 33.6 Å². The summed E-state index contributed by atoms with van der Waals surface area (Å²) in [5, 5.41) is 239. The van der Waals surface area contributed by atoms with Crippen molar-refractivity contribution in [1.82, 2.24) is 16.0 Å². The number of aliphatic carboxylic acids is 2. The Bertz CT molecular complexity index is 2320. The van der Waals surface area contributed by atoms with Gasteiger partial charge in [-0.2, -0.15) is 0 Å². The van der Waals surface area contributed by atoms with Crippen LogP contribution in [0.25, 0.3) is 0 Å². The molecule has 32 atom stereocenters. The Morgan fingerprint density at radius 3 is 1.33 bits per heavy atom. The third-order valence-electron chi connectivity index (χ3n) is 15.6.